The van der Waals surface area contributed by atoms with Gasteiger partial charge in [-0.25, -0.2) is 4.79 Å². The van der Waals surface area contributed by atoms with Crippen LogP contribution < -0.4 is 5.73 Å². The number of nitriles is 1. The van der Waals surface area contributed by atoms with E-state index in [4.69, 9.17) is 15.2 Å². The number of rotatable bonds is 1. The van der Waals surface area contributed by atoms with Crippen molar-refractivity contribution in [3.8, 4) is 6.07 Å². The number of hydrogen-bond acceptors (Lipinski definition) is 5. The number of ether oxygens (including phenoxy) is 2. The Morgan fingerprint density at radius 2 is 2.15 bits per heavy atom. The van der Waals surface area contributed by atoms with Gasteiger partial charge < -0.3 is 15.2 Å². The molecule has 0 fully saturated rings. The smallest absolute Gasteiger partial charge is 0.338 e. The first-order valence-electron chi connectivity index (χ1n) is 6.55. The van der Waals surface area contributed by atoms with Gasteiger partial charge in [0.05, 0.1) is 17.1 Å². The van der Waals surface area contributed by atoms with E-state index < -0.39 is 5.97 Å². The van der Waals surface area contributed by atoms with Gasteiger partial charge in [0.15, 0.2) is 0 Å². The summed E-state index contributed by atoms with van der Waals surface area (Å²) in [5.41, 5.74) is 6.57. The van der Waals surface area contributed by atoms with Crippen molar-refractivity contribution in [2.45, 2.75) is 19.4 Å². The quantitative estimate of drug-likeness (QED) is 0.732. The second-order valence-electron chi connectivity index (χ2n) is 4.90. The van der Waals surface area contributed by atoms with E-state index in [1.165, 1.54) is 0 Å². The summed E-state index contributed by atoms with van der Waals surface area (Å²) in [6, 6.07) is 2.04. The minimum Gasteiger partial charge on any atom is -0.454 e. The van der Waals surface area contributed by atoms with Gasteiger partial charge in [0, 0.05) is 5.92 Å². The van der Waals surface area contributed by atoms with Gasteiger partial charge in [0.25, 0.3) is 0 Å². The van der Waals surface area contributed by atoms with Crippen LogP contribution in [0.2, 0.25) is 0 Å². The average Bonchev–Trinajstić information content (AvgIpc) is 2.46. The van der Waals surface area contributed by atoms with E-state index in [2.05, 4.69) is 0 Å². The van der Waals surface area contributed by atoms with Crippen LogP contribution in [-0.2, 0) is 14.3 Å². The molecule has 0 aromatic rings. The molecule has 5 heteroatoms. The lowest BCUT2D eigenvalue weighted by Gasteiger charge is -2.37. The van der Waals surface area contributed by atoms with E-state index >= 15 is 0 Å². The Morgan fingerprint density at radius 1 is 1.40 bits per heavy atom. The van der Waals surface area contributed by atoms with Crippen molar-refractivity contribution >= 4 is 5.97 Å². The molecule has 1 aliphatic carbocycles. The van der Waals surface area contributed by atoms with E-state index in [9.17, 15) is 10.1 Å². The van der Waals surface area contributed by atoms with Crippen molar-refractivity contribution < 1.29 is 14.3 Å². The van der Waals surface area contributed by atoms with Gasteiger partial charge in [-0.3, -0.25) is 0 Å². The number of nitrogens with two attached hydrogens (primary N) is 1. The summed E-state index contributed by atoms with van der Waals surface area (Å²) in [5.74, 6) is -0.324. The highest BCUT2D eigenvalue weighted by molar-refractivity contribution is 5.92. The summed E-state index contributed by atoms with van der Waals surface area (Å²) in [6.07, 6.45) is 7.69. The molecular weight excluding hydrogens is 256 g/mol. The SMILES string of the molecule is CC[C@H]1C(C#N)=C(N)OC2=C1C(=O)O[C@@H]1C=CC=C[C@H]21. The Morgan fingerprint density at radius 3 is 2.85 bits per heavy atom. The number of carbonyl (C=O) groups is 1. The van der Waals surface area contributed by atoms with Gasteiger partial charge in [-0.15, -0.1) is 0 Å². The fourth-order valence-electron chi connectivity index (χ4n) is 2.87. The number of allylic oxidation sites excluding steroid dienone is 3. The number of carbonyl (C=O) groups excluding carboxylic acids is 1. The second-order valence-corrected chi connectivity index (χ2v) is 4.90. The minimum absolute atomic E-state index is 0.0921. The third-order valence-corrected chi connectivity index (χ3v) is 3.83. The van der Waals surface area contributed by atoms with Gasteiger partial charge in [0.2, 0.25) is 5.88 Å². The zero-order chi connectivity index (χ0) is 14.3. The van der Waals surface area contributed by atoms with Crippen LogP contribution in [0.15, 0.2) is 47.1 Å². The molecule has 2 aliphatic heterocycles. The summed E-state index contributed by atoms with van der Waals surface area (Å²) in [5, 5.41) is 9.20. The van der Waals surface area contributed by atoms with Crippen LogP contribution in [0.3, 0.4) is 0 Å². The fourth-order valence-corrected chi connectivity index (χ4v) is 2.87. The molecule has 2 heterocycles. The third-order valence-electron chi connectivity index (χ3n) is 3.83. The zero-order valence-corrected chi connectivity index (χ0v) is 11.0. The molecule has 0 saturated heterocycles. The van der Waals surface area contributed by atoms with Crippen molar-refractivity contribution in [2.24, 2.45) is 17.6 Å². The van der Waals surface area contributed by atoms with Gasteiger partial charge in [-0.2, -0.15) is 5.26 Å². The Hall–Kier alpha value is -2.48. The van der Waals surface area contributed by atoms with Gasteiger partial charge in [-0.05, 0) is 12.5 Å². The normalized spacial score (nSPS) is 31.2. The molecule has 0 unspecified atom stereocenters. The standard InChI is InChI=1S/C15H14N2O3/c1-2-8-10(7-16)14(17)20-13-9-5-3-4-6-11(9)19-15(18)12(8)13/h3-6,8-9,11H,2,17H2,1H3/t8-,9-,11+/m0/s1. The predicted molar refractivity (Wildman–Crippen MR) is 70.4 cm³/mol. The monoisotopic (exact) mass is 270 g/mol. The summed E-state index contributed by atoms with van der Waals surface area (Å²) in [6.45, 7) is 1.90. The van der Waals surface area contributed by atoms with E-state index in [-0.39, 0.29) is 23.8 Å². The Kier molecular flexibility index (Phi) is 2.87. The topological polar surface area (TPSA) is 85.3 Å². The first-order chi connectivity index (χ1) is 9.67. The Balaban J connectivity index is 2.11. The molecule has 0 saturated carbocycles. The summed E-state index contributed by atoms with van der Waals surface area (Å²) >= 11 is 0. The first kappa shape index (κ1) is 12.5. The fraction of sp³-hybridized carbons (Fsp3) is 0.333. The van der Waals surface area contributed by atoms with E-state index in [0.29, 0.717) is 23.3 Å². The molecule has 0 spiro atoms. The van der Waals surface area contributed by atoms with Gasteiger partial charge in [0.1, 0.15) is 17.9 Å². The van der Waals surface area contributed by atoms with Crippen LogP contribution in [0.25, 0.3) is 0 Å². The number of nitrogens with zero attached hydrogens (tertiary/aromatic N) is 1. The van der Waals surface area contributed by atoms with Crippen LogP contribution in [0.4, 0.5) is 0 Å². The third kappa shape index (κ3) is 1.65. The Labute approximate surface area is 116 Å². The van der Waals surface area contributed by atoms with Crippen molar-refractivity contribution in [2.75, 3.05) is 0 Å². The molecule has 0 aromatic heterocycles. The lowest BCUT2D eigenvalue weighted by Crippen LogP contribution is -2.39. The van der Waals surface area contributed by atoms with Crippen molar-refractivity contribution in [1.82, 2.24) is 0 Å². The second kappa shape index (κ2) is 4.57. The summed E-state index contributed by atoms with van der Waals surface area (Å²) < 4.78 is 11.0. The molecule has 0 aromatic carbocycles. The van der Waals surface area contributed by atoms with E-state index in [1.807, 2.05) is 37.3 Å². The van der Waals surface area contributed by atoms with Crippen LogP contribution in [0.5, 0.6) is 0 Å². The van der Waals surface area contributed by atoms with Crippen LogP contribution in [0.1, 0.15) is 13.3 Å². The summed E-state index contributed by atoms with van der Waals surface area (Å²) in [7, 11) is 0. The molecule has 3 rings (SSSR count). The molecule has 3 aliphatic rings. The highest BCUT2D eigenvalue weighted by atomic mass is 16.6. The molecule has 0 amide bonds. The van der Waals surface area contributed by atoms with E-state index in [0.717, 1.165) is 0 Å². The number of fused-ring (bicyclic) bond motifs is 2. The van der Waals surface area contributed by atoms with Crippen molar-refractivity contribution in [3.05, 3.63) is 47.1 Å². The van der Waals surface area contributed by atoms with E-state index in [1.54, 1.807) is 0 Å². The highest BCUT2D eigenvalue weighted by Gasteiger charge is 2.44. The van der Waals surface area contributed by atoms with Gasteiger partial charge in [-0.1, -0.05) is 25.2 Å². The molecule has 102 valence electrons. The molecule has 5 nitrogen and oxygen atoms in total. The average molecular weight is 270 g/mol. The lowest BCUT2D eigenvalue weighted by atomic mass is 9.80. The van der Waals surface area contributed by atoms with Crippen LogP contribution in [0, 0.1) is 23.2 Å². The zero-order valence-electron chi connectivity index (χ0n) is 11.0. The maximum Gasteiger partial charge on any atom is 0.338 e. The molecular formula is C15H14N2O3. The molecule has 0 bridgehead atoms. The van der Waals surface area contributed by atoms with Crippen molar-refractivity contribution in [1.29, 1.82) is 5.26 Å². The highest BCUT2D eigenvalue weighted by Crippen LogP contribution is 2.42. The van der Waals surface area contributed by atoms with Gasteiger partial charge >= 0.3 is 5.97 Å². The maximum absolute atomic E-state index is 12.2. The molecule has 2 N–H and O–H groups in total. The summed E-state index contributed by atoms with van der Waals surface area (Å²) in [4.78, 5) is 12.2. The molecule has 3 atom stereocenters. The first-order valence-corrected chi connectivity index (χ1v) is 6.55. The number of hydrogen-bond donors (Lipinski definition) is 1. The largest absolute Gasteiger partial charge is 0.454 e. The molecule has 20 heavy (non-hydrogen) atoms. The maximum atomic E-state index is 12.2. The van der Waals surface area contributed by atoms with Crippen LogP contribution >= 0.6 is 0 Å². The Bertz CT molecular complexity index is 634. The molecule has 0 radical (unpaired) electrons. The lowest BCUT2D eigenvalue weighted by molar-refractivity contribution is -0.147. The predicted octanol–water partition coefficient (Wildman–Crippen LogP) is 1.66. The van der Waals surface area contributed by atoms with Crippen LogP contribution in [-0.4, -0.2) is 12.1 Å². The minimum atomic E-state index is -0.423. The van der Waals surface area contributed by atoms with Crippen molar-refractivity contribution in [3.63, 3.8) is 0 Å². The number of esters is 1.